The summed E-state index contributed by atoms with van der Waals surface area (Å²) in [5.41, 5.74) is 0.932. The SMILES string of the molecule is O=C(NCc1nc(-c2ccsc2)no1)NC1CCCCC1. The Bertz CT molecular complexity index is 576. The van der Waals surface area contributed by atoms with E-state index in [1.807, 2.05) is 16.8 Å². The summed E-state index contributed by atoms with van der Waals surface area (Å²) >= 11 is 1.58. The first-order valence-corrected chi connectivity index (χ1v) is 8.15. The monoisotopic (exact) mass is 306 g/mol. The highest BCUT2D eigenvalue weighted by Crippen LogP contribution is 2.19. The van der Waals surface area contributed by atoms with Crippen LogP contribution in [0, 0.1) is 0 Å². The number of hydrogen-bond acceptors (Lipinski definition) is 5. The molecule has 0 bridgehead atoms. The molecule has 1 saturated carbocycles. The third kappa shape index (κ3) is 3.81. The van der Waals surface area contributed by atoms with E-state index in [4.69, 9.17) is 4.52 Å². The van der Waals surface area contributed by atoms with Crippen LogP contribution in [0.1, 0.15) is 38.0 Å². The summed E-state index contributed by atoms with van der Waals surface area (Å²) in [4.78, 5) is 16.1. The third-order valence-electron chi connectivity index (χ3n) is 3.59. The molecular formula is C14H18N4O2S. The van der Waals surface area contributed by atoms with Crippen LogP contribution >= 0.6 is 11.3 Å². The highest BCUT2D eigenvalue weighted by atomic mass is 32.1. The van der Waals surface area contributed by atoms with Gasteiger partial charge in [0.05, 0.1) is 6.54 Å². The van der Waals surface area contributed by atoms with E-state index in [2.05, 4.69) is 20.8 Å². The van der Waals surface area contributed by atoms with Crippen molar-refractivity contribution in [3.05, 3.63) is 22.7 Å². The molecule has 0 spiro atoms. The summed E-state index contributed by atoms with van der Waals surface area (Å²) in [5.74, 6) is 0.968. The number of rotatable bonds is 4. The van der Waals surface area contributed by atoms with Crippen molar-refractivity contribution in [1.29, 1.82) is 0 Å². The molecule has 0 aliphatic heterocycles. The predicted octanol–water partition coefficient (Wildman–Crippen LogP) is 2.93. The standard InChI is InChI=1S/C14H18N4O2S/c19-14(16-11-4-2-1-3-5-11)15-8-12-17-13(18-20-12)10-6-7-21-9-10/h6-7,9,11H,1-5,8H2,(H2,15,16,19). The Kier molecular flexibility index (Phi) is 4.49. The Hall–Kier alpha value is -1.89. The smallest absolute Gasteiger partial charge is 0.315 e. The van der Waals surface area contributed by atoms with Gasteiger partial charge < -0.3 is 15.2 Å². The average Bonchev–Trinajstić information content (AvgIpc) is 3.17. The number of nitrogens with one attached hydrogen (secondary N) is 2. The maximum Gasteiger partial charge on any atom is 0.315 e. The van der Waals surface area contributed by atoms with Crippen LogP contribution in [0.3, 0.4) is 0 Å². The van der Waals surface area contributed by atoms with Crippen molar-refractivity contribution in [3.63, 3.8) is 0 Å². The Morgan fingerprint density at radius 1 is 1.38 bits per heavy atom. The first kappa shape index (κ1) is 14.1. The summed E-state index contributed by atoms with van der Waals surface area (Å²) in [7, 11) is 0. The van der Waals surface area contributed by atoms with Crippen LogP contribution in [0.15, 0.2) is 21.3 Å². The summed E-state index contributed by atoms with van der Waals surface area (Å²) in [5, 5.41) is 13.6. The van der Waals surface area contributed by atoms with Gasteiger partial charge in [0.2, 0.25) is 11.7 Å². The lowest BCUT2D eigenvalue weighted by Gasteiger charge is -2.22. The molecule has 21 heavy (non-hydrogen) atoms. The van der Waals surface area contributed by atoms with Gasteiger partial charge in [-0.25, -0.2) is 4.79 Å². The number of aromatic nitrogens is 2. The number of hydrogen-bond donors (Lipinski definition) is 2. The molecule has 3 rings (SSSR count). The molecule has 0 atom stereocenters. The largest absolute Gasteiger partial charge is 0.337 e. The topological polar surface area (TPSA) is 80.1 Å². The van der Waals surface area contributed by atoms with Gasteiger partial charge in [-0.1, -0.05) is 24.4 Å². The van der Waals surface area contributed by atoms with Gasteiger partial charge in [-0.3, -0.25) is 0 Å². The zero-order chi connectivity index (χ0) is 14.5. The molecule has 2 aromatic rings. The molecular weight excluding hydrogens is 288 g/mol. The Balaban J connectivity index is 1.47. The van der Waals surface area contributed by atoms with Gasteiger partial charge in [0.25, 0.3) is 0 Å². The quantitative estimate of drug-likeness (QED) is 0.910. The Labute approximate surface area is 126 Å². The van der Waals surface area contributed by atoms with Crippen molar-refractivity contribution in [1.82, 2.24) is 20.8 Å². The number of carbonyl (C=O) groups excluding carboxylic acids is 1. The maximum atomic E-state index is 11.8. The Morgan fingerprint density at radius 3 is 3.00 bits per heavy atom. The van der Waals surface area contributed by atoms with Crippen LogP contribution in [0.5, 0.6) is 0 Å². The van der Waals surface area contributed by atoms with Crippen molar-refractivity contribution in [2.75, 3.05) is 0 Å². The highest BCUT2D eigenvalue weighted by Gasteiger charge is 2.16. The zero-order valence-corrected chi connectivity index (χ0v) is 12.5. The van der Waals surface area contributed by atoms with Crippen molar-refractivity contribution < 1.29 is 9.32 Å². The van der Waals surface area contributed by atoms with Gasteiger partial charge in [0.1, 0.15) is 0 Å². The second kappa shape index (κ2) is 6.71. The summed E-state index contributed by atoms with van der Waals surface area (Å²) in [6.45, 7) is 0.246. The number of nitrogens with zero attached hydrogens (tertiary/aromatic N) is 2. The fourth-order valence-electron chi connectivity index (χ4n) is 2.47. The molecule has 2 aromatic heterocycles. The molecule has 2 heterocycles. The molecule has 2 N–H and O–H groups in total. The van der Waals surface area contributed by atoms with E-state index in [-0.39, 0.29) is 12.6 Å². The summed E-state index contributed by atoms with van der Waals surface area (Å²) < 4.78 is 5.13. The summed E-state index contributed by atoms with van der Waals surface area (Å²) in [6.07, 6.45) is 5.79. The van der Waals surface area contributed by atoms with E-state index >= 15 is 0 Å². The van der Waals surface area contributed by atoms with Gasteiger partial charge in [-0.05, 0) is 24.3 Å². The molecule has 0 radical (unpaired) electrons. The van der Waals surface area contributed by atoms with Crippen LogP contribution in [0.4, 0.5) is 4.79 Å². The molecule has 1 fully saturated rings. The highest BCUT2D eigenvalue weighted by molar-refractivity contribution is 7.08. The number of thiophene rings is 1. The Morgan fingerprint density at radius 2 is 2.24 bits per heavy atom. The lowest BCUT2D eigenvalue weighted by atomic mass is 9.96. The van der Waals surface area contributed by atoms with Crippen molar-refractivity contribution in [2.24, 2.45) is 0 Å². The fourth-order valence-corrected chi connectivity index (χ4v) is 3.11. The third-order valence-corrected chi connectivity index (χ3v) is 4.27. The minimum absolute atomic E-state index is 0.169. The van der Waals surface area contributed by atoms with Gasteiger partial charge in [-0.2, -0.15) is 16.3 Å². The number of carbonyl (C=O) groups is 1. The first-order valence-electron chi connectivity index (χ1n) is 7.21. The minimum atomic E-state index is -0.169. The second-order valence-corrected chi connectivity index (χ2v) is 5.97. The van der Waals surface area contributed by atoms with Crippen molar-refractivity contribution in [2.45, 2.75) is 44.7 Å². The zero-order valence-electron chi connectivity index (χ0n) is 11.7. The lowest BCUT2D eigenvalue weighted by molar-refractivity contribution is 0.230. The number of amides is 2. The molecule has 0 unspecified atom stereocenters. The van der Waals surface area contributed by atoms with E-state index < -0.39 is 0 Å². The molecule has 1 aliphatic rings. The maximum absolute atomic E-state index is 11.8. The number of urea groups is 1. The van der Waals surface area contributed by atoms with Gasteiger partial charge in [0.15, 0.2) is 0 Å². The van der Waals surface area contributed by atoms with Gasteiger partial charge in [-0.15, -0.1) is 0 Å². The molecule has 6 nitrogen and oxygen atoms in total. The predicted molar refractivity (Wildman–Crippen MR) is 79.9 cm³/mol. The van der Waals surface area contributed by atoms with Crippen LogP contribution in [0.25, 0.3) is 11.4 Å². The average molecular weight is 306 g/mol. The normalized spacial score (nSPS) is 15.8. The van der Waals surface area contributed by atoms with Crippen LogP contribution in [-0.4, -0.2) is 22.2 Å². The minimum Gasteiger partial charge on any atom is -0.337 e. The molecule has 0 saturated heterocycles. The first-order chi connectivity index (χ1) is 10.3. The van der Waals surface area contributed by atoms with Crippen LogP contribution in [-0.2, 0) is 6.54 Å². The van der Waals surface area contributed by atoms with E-state index in [1.165, 1.54) is 19.3 Å². The fraction of sp³-hybridized carbons (Fsp3) is 0.500. The van der Waals surface area contributed by atoms with Crippen LogP contribution in [0.2, 0.25) is 0 Å². The summed E-state index contributed by atoms with van der Waals surface area (Å²) in [6, 6.07) is 2.06. The van der Waals surface area contributed by atoms with Crippen molar-refractivity contribution >= 4 is 17.4 Å². The molecule has 0 aromatic carbocycles. The van der Waals surface area contributed by atoms with E-state index in [1.54, 1.807) is 11.3 Å². The molecule has 2 amide bonds. The van der Waals surface area contributed by atoms with Gasteiger partial charge >= 0.3 is 6.03 Å². The van der Waals surface area contributed by atoms with Gasteiger partial charge in [0, 0.05) is 17.0 Å². The molecule has 1 aliphatic carbocycles. The van der Waals surface area contributed by atoms with Crippen molar-refractivity contribution in [3.8, 4) is 11.4 Å². The second-order valence-electron chi connectivity index (χ2n) is 5.19. The molecule has 7 heteroatoms. The van der Waals surface area contributed by atoms with Crippen LogP contribution < -0.4 is 10.6 Å². The van der Waals surface area contributed by atoms with E-state index in [9.17, 15) is 4.79 Å². The van der Waals surface area contributed by atoms with E-state index in [0.717, 1.165) is 18.4 Å². The lowest BCUT2D eigenvalue weighted by Crippen LogP contribution is -2.42. The molecule has 112 valence electrons. The van der Waals surface area contributed by atoms with E-state index in [0.29, 0.717) is 17.8 Å².